The fourth-order valence-electron chi connectivity index (χ4n) is 3.57. The van der Waals surface area contributed by atoms with Crippen LogP contribution in [0.4, 0.5) is 0 Å². The molecule has 2 aromatic carbocycles. The molecule has 150 valence electrons. The Hall–Kier alpha value is -3.53. The van der Waals surface area contributed by atoms with Crippen LogP contribution in [-0.4, -0.2) is 30.6 Å². The number of hydrogen-bond acceptors (Lipinski definition) is 4. The zero-order valence-electron chi connectivity index (χ0n) is 17.2. The van der Waals surface area contributed by atoms with Crippen LogP contribution in [0.3, 0.4) is 0 Å². The lowest BCUT2D eigenvalue weighted by Crippen LogP contribution is -2.04. The quantitative estimate of drug-likeness (QED) is 0.542. The summed E-state index contributed by atoms with van der Waals surface area (Å²) in [5.41, 5.74) is 6.59. The summed E-state index contributed by atoms with van der Waals surface area (Å²) in [7, 11) is 1.70. The molecule has 1 aromatic heterocycles. The minimum Gasteiger partial charge on any atom is -0.496 e. The van der Waals surface area contributed by atoms with E-state index < -0.39 is 0 Å². The largest absolute Gasteiger partial charge is 0.496 e. The Morgan fingerprint density at radius 2 is 1.67 bits per heavy atom. The number of allylic oxidation sites excluding steroid dienone is 1. The smallest absolute Gasteiger partial charge is 0.126 e. The van der Waals surface area contributed by atoms with E-state index in [0.29, 0.717) is 13.0 Å². The van der Waals surface area contributed by atoms with Crippen LogP contribution in [0.15, 0.2) is 94.7 Å². The molecule has 0 N–H and O–H groups in total. The van der Waals surface area contributed by atoms with Gasteiger partial charge in [0, 0.05) is 41.9 Å². The van der Waals surface area contributed by atoms with Crippen molar-refractivity contribution in [3.05, 3.63) is 96.0 Å². The number of benzene rings is 2. The van der Waals surface area contributed by atoms with E-state index in [0.717, 1.165) is 46.7 Å². The summed E-state index contributed by atoms with van der Waals surface area (Å²) < 4.78 is 5.55. The Morgan fingerprint density at radius 3 is 2.53 bits per heavy atom. The predicted octanol–water partition coefficient (Wildman–Crippen LogP) is 5.34. The first kappa shape index (κ1) is 19.8. The summed E-state index contributed by atoms with van der Waals surface area (Å²) >= 11 is 0. The highest BCUT2D eigenvalue weighted by Gasteiger charge is 2.12. The van der Waals surface area contributed by atoms with Crippen molar-refractivity contribution in [3.63, 3.8) is 0 Å². The van der Waals surface area contributed by atoms with E-state index in [4.69, 9.17) is 9.73 Å². The van der Waals surface area contributed by atoms with E-state index in [2.05, 4.69) is 46.4 Å². The molecule has 0 amide bonds. The average molecular weight is 396 g/mol. The molecule has 4 rings (SSSR count). The lowest BCUT2D eigenvalue weighted by molar-refractivity contribution is 0.416. The van der Waals surface area contributed by atoms with Crippen LogP contribution in [0.25, 0.3) is 11.1 Å². The standard InChI is InChI=1S/C26H25N3O/c1-30-26-12-6-5-10-24(26)23-11-7-15-28-25(23)16-21-17-27-19-22(29-18-21)14-13-20-8-3-2-4-9-20/h2-12,15,17-18H,13-14,16,19H2,1H3. The number of methoxy groups -OCH3 is 1. The molecule has 4 nitrogen and oxygen atoms in total. The number of pyridine rings is 1. The van der Waals surface area contributed by atoms with Crippen LogP contribution in [0.2, 0.25) is 0 Å². The van der Waals surface area contributed by atoms with Crippen LogP contribution < -0.4 is 4.74 Å². The molecule has 1 aliphatic rings. The lowest BCUT2D eigenvalue weighted by atomic mass is 9.99. The first-order valence-electron chi connectivity index (χ1n) is 10.2. The number of ether oxygens (including phenoxy) is 1. The van der Waals surface area contributed by atoms with Crippen molar-refractivity contribution in [2.45, 2.75) is 19.3 Å². The minimum atomic E-state index is 0.647. The second-order valence-corrected chi connectivity index (χ2v) is 7.23. The van der Waals surface area contributed by atoms with Crippen LogP contribution in [-0.2, 0) is 12.8 Å². The van der Waals surface area contributed by atoms with Crippen LogP contribution in [0, 0.1) is 0 Å². The number of hydrogen-bond donors (Lipinski definition) is 0. The van der Waals surface area contributed by atoms with Crippen molar-refractivity contribution in [3.8, 4) is 16.9 Å². The van der Waals surface area contributed by atoms with Gasteiger partial charge in [-0.15, -0.1) is 0 Å². The fourth-order valence-corrected chi connectivity index (χ4v) is 3.57. The van der Waals surface area contributed by atoms with Crippen molar-refractivity contribution in [1.29, 1.82) is 0 Å². The Balaban J connectivity index is 1.52. The third kappa shape index (κ3) is 4.90. The molecule has 2 heterocycles. The summed E-state index contributed by atoms with van der Waals surface area (Å²) in [6.45, 7) is 0.647. The predicted molar refractivity (Wildman–Crippen MR) is 124 cm³/mol. The number of para-hydroxylation sites is 1. The molecule has 0 spiro atoms. The van der Waals surface area contributed by atoms with Gasteiger partial charge in [0.25, 0.3) is 0 Å². The molecule has 3 aromatic rings. The van der Waals surface area contributed by atoms with Gasteiger partial charge in [-0.1, -0.05) is 54.6 Å². The lowest BCUT2D eigenvalue weighted by Gasteiger charge is -2.12. The van der Waals surface area contributed by atoms with Gasteiger partial charge in [-0.25, -0.2) is 0 Å². The Kier molecular flexibility index (Phi) is 6.45. The average Bonchev–Trinajstić information content (AvgIpc) is 3.04. The van der Waals surface area contributed by atoms with E-state index in [1.807, 2.05) is 48.9 Å². The molecule has 30 heavy (non-hydrogen) atoms. The maximum atomic E-state index is 5.55. The topological polar surface area (TPSA) is 46.8 Å². The highest BCUT2D eigenvalue weighted by molar-refractivity contribution is 5.92. The SMILES string of the molecule is COc1ccccc1-c1cccnc1CC1=CN=C(CCc2ccccc2)CN=C1. The van der Waals surface area contributed by atoms with Crippen LogP contribution >= 0.6 is 0 Å². The molecule has 0 atom stereocenters. The van der Waals surface area contributed by atoms with Gasteiger partial charge in [-0.05, 0) is 36.1 Å². The van der Waals surface area contributed by atoms with Gasteiger partial charge in [0.1, 0.15) is 5.75 Å². The van der Waals surface area contributed by atoms with Crippen molar-refractivity contribution in [1.82, 2.24) is 4.98 Å². The minimum absolute atomic E-state index is 0.647. The summed E-state index contributed by atoms with van der Waals surface area (Å²) in [6, 6.07) is 22.6. The number of aryl methyl sites for hydroxylation is 1. The zero-order chi connectivity index (χ0) is 20.6. The van der Waals surface area contributed by atoms with E-state index in [1.54, 1.807) is 7.11 Å². The monoisotopic (exact) mass is 395 g/mol. The van der Waals surface area contributed by atoms with E-state index >= 15 is 0 Å². The molecular formula is C26H25N3O. The second-order valence-electron chi connectivity index (χ2n) is 7.23. The van der Waals surface area contributed by atoms with Crippen LogP contribution in [0.1, 0.15) is 17.7 Å². The highest BCUT2D eigenvalue weighted by atomic mass is 16.5. The summed E-state index contributed by atoms with van der Waals surface area (Å²) in [6.07, 6.45) is 8.28. The van der Waals surface area contributed by atoms with Gasteiger partial charge in [-0.3, -0.25) is 15.0 Å². The third-order valence-corrected chi connectivity index (χ3v) is 5.15. The highest BCUT2D eigenvalue weighted by Crippen LogP contribution is 2.32. The number of aliphatic imine (C=N–C) groups is 2. The molecular weight excluding hydrogens is 370 g/mol. The first-order chi connectivity index (χ1) is 14.8. The summed E-state index contributed by atoms with van der Waals surface area (Å²) in [5.74, 6) is 0.844. The maximum Gasteiger partial charge on any atom is 0.126 e. The fraction of sp³-hybridized carbons (Fsp3) is 0.192. The van der Waals surface area contributed by atoms with Crippen molar-refractivity contribution in [2.75, 3.05) is 13.7 Å². The first-order valence-corrected chi connectivity index (χ1v) is 10.2. The second kappa shape index (κ2) is 9.79. The molecule has 0 saturated carbocycles. The molecule has 4 heteroatoms. The number of nitrogens with zero attached hydrogens (tertiary/aromatic N) is 3. The Bertz CT molecular complexity index is 1080. The molecule has 0 unspecified atom stereocenters. The molecule has 0 bridgehead atoms. The van der Waals surface area contributed by atoms with Gasteiger partial charge in [0.05, 0.1) is 19.3 Å². The van der Waals surface area contributed by atoms with E-state index in [1.165, 1.54) is 5.56 Å². The van der Waals surface area contributed by atoms with E-state index in [-0.39, 0.29) is 0 Å². The van der Waals surface area contributed by atoms with Crippen molar-refractivity contribution >= 4 is 11.9 Å². The van der Waals surface area contributed by atoms with Crippen LogP contribution in [0.5, 0.6) is 5.75 Å². The van der Waals surface area contributed by atoms with Crippen molar-refractivity contribution < 1.29 is 4.74 Å². The van der Waals surface area contributed by atoms with Gasteiger partial charge in [0.15, 0.2) is 0 Å². The Morgan fingerprint density at radius 1 is 0.867 bits per heavy atom. The summed E-state index contributed by atoms with van der Waals surface area (Å²) in [4.78, 5) is 14.0. The normalized spacial score (nSPS) is 13.4. The molecule has 0 saturated heterocycles. The molecule has 0 fully saturated rings. The Labute approximate surface area is 177 Å². The molecule has 0 aliphatic carbocycles. The van der Waals surface area contributed by atoms with Gasteiger partial charge in [0.2, 0.25) is 0 Å². The zero-order valence-corrected chi connectivity index (χ0v) is 17.2. The number of rotatable bonds is 7. The third-order valence-electron chi connectivity index (χ3n) is 5.15. The number of aromatic nitrogens is 1. The van der Waals surface area contributed by atoms with Gasteiger partial charge >= 0.3 is 0 Å². The van der Waals surface area contributed by atoms with E-state index in [9.17, 15) is 0 Å². The summed E-state index contributed by atoms with van der Waals surface area (Å²) in [5, 5.41) is 0. The molecule has 0 radical (unpaired) electrons. The maximum absolute atomic E-state index is 5.55. The molecule has 1 aliphatic heterocycles. The van der Waals surface area contributed by atoms with Gasteiger partial charge in [-0.2, -0.15) is 0 Å². The van der Waals surface area contributed by atoms with Crippen molar-refractivity contribution in [2.24, 2.45) is 9.98 Å². The van der Waals surface area contributed by atoms with Gasteiger partial charge < -0.3 is 4.74 Å².